The molecule has 0 saturated carbocycles. The average Bonchev–Trinajstić information content (AvgIpc) is 2.27. The fraction of sp³-hybridized carbons (Fsp3) is 0.455. The van der Waals surface area contributed by atoms with Crippen molar-refractivity contribution in [2.45, 2.75) is 26.0 Å². The van der Waals surface area contributed by atoms with Crippen LogP contribution >= 0.6 is 0 Å². The van der Waals surface area contributed by atoms with Crippen molar-refractivity contribution in [2.24, 2.45) is 0 Å². The number of aromatic hydroxyl groups is 2. The summed E-state index contributed by atoms with van der Waals surface area (Å²) in [7, 11) is -4.67. The highest BCUT2D eigenvalue weighted by Crippen LogP contribution is 2.27. The topological polar surface area (TPSA) is 147 Å². The third kappa shape index (κ3) is 9.53. The number of benzene rings is 1. The molecule has 1 aromatic carbocycles. The van der Waals surface area contributed by atoms with E-state index in [9.17, 15) is 10.2 Å². The van der Waals surface area contributed by atoms with Crippen molar-refractivity contribution in [1.29, 1.82) is 0 Å². The average molecular weight is 309 g/mol. The number of nitrogens with one attached hydrogen (secondary N) is 1. The van der Waals surface area contributed by atoms with Crippen LogP contribution in [0.1, 0.15) is 25.5 Å². The van der Waals surface area contributed by atoms with Crippen molar-refractivity contribution in [3.05, 3.63) is 23.8 Å². The zero-order chi connectivity index (χ0) is 15.9. The Morgan fingerprint density at radius 1 is 1.15 bits per heavy atom. The lowest BCUT2D eigenvalue weighted by Gasteiger charge is -2.14. The first-order valence-electron chi connectivity index (χ1n) is 5.64. The third-order valence-electron chi connectivity index (χ3n) is 2.10. The van der Waals surface area contributed by atoms with Crippen molar-refractivity contribution in [1.82, 2.24) is 5.32 Å². The van der Waals surface area contributed by atoms with E-state index in [-0.39, 0.29) is 11.5 Å². The molecule has 1 atom stereocenters. The molecule has 0 radical (unpaired) electrons. The first-order chi connectivity index (χ1) is 9.00. The Morgan fingerprint density at radius 2 is 1.65 bits per heavy atom. The Morgan fingerprint density at radius 3 is 2.05 bits per heavy atom. The van der Waals surface area contributed by atoms with Gasteiger partial charge in [0.2, 0.25) is 0 Å². The van der Waals surface area contributed by atoms with Gasteiger partial charge in [-0.1, -0.05) is 19.9 Å². The second-order valence-electron chi connectivity index (χ2n) is 4.27. The molecule has 1 rings (SSSR count). The molecule has 0 aliphatic heterocycles. The largest absolute Gasteiger partial charge is 0.504 e. The van der Waals surface area contributed by atoms with Gasteiger partial charge < -0.3 is 20.6 Å². The highest BCUT2D eigenvalue weighted by Gasteiger charge is 2.10. The van der Waals surface area contributed by atoms with E-state index in [1.54, 1.807) is 6.07 Å². The second-order valence-corrected chi connectivity index (χ2v) is 5.17. The minimum Gasteiger partial charge on any atom is -0.504 e. The van der Waals surface area contributed by atoms with Gasteiger partial charge in [-0.25, -0.2) is 0 Å². The predicted molar refractivity (Wildman–Crippen MR) is 72.0 cm³/mol. The normalized spacial score (nSPS) is 12.7. The van der Waals surface area contributed by atoms with Crippen LogP contribution in [0, 0.1) is 0 Å². The molecule has 1 aromatic rings. The number of phenolic OH excluding ortho intramolecular Hbond substituents is 2. The number of aliphatic hydroxyl groups excluding tert-OH is 1. The Bertz CT molecular complexity index is 508. The van der Waals surface area contributed by atoms with E-state index < -0.39 is 16.5 Å². The molecule has 0 aromatic heterocycles. The molecular formula is C11H19NO7S. The van der Waals surface area contributed by atoms with Gasteiger partial charge in [-0.15, -0.1) is 0 Å². The van der Waals surface area contributed by atoms with Crippen LogP contribution in [0.5, 0.6) is 11.5 Å². The summed E-state index contributed by atoms with van der Waals surface area (Å²) < 4.78 is 31.6. The molecule has 0 fully saturated rings. The standard InChI is InChI=1S/C11H17NO3.H2O4S/c1-7(2)12-6-11(15)8-3-4-9(13)10(14)5-8;1-5(2,3)4/h3-5,7,11-15H,6H2,1-2H3;(H2,1,2,3,4). The van der Waals surface area contributed by atoms with E-state index in [4.69, 9.17) is 22.6 Å². The van der Waals surface area contributed by atoms with Gasteiger partial charge in [0.25, 0.3) is 0 Å². The lowest BCUT2D eigenvalue weighted by atomic mass is 10.1. The zero-order valence-corrected chi connectivity index (χ0v) is 11.9. The Kier molecular flexibility index (Phi) is 7.46. The van der Waals surface area contributed by atoms with E-state index in [0.29, 0.717) is 18.2 Å². The number of rotatable bonds is 4. The van der Waals surface area contributed by atoms with Crippen molar-refractivity contribution >= 4 is 10.4 Å². The number of hydrogen-bond donors (Lipinski definition) is 6. The third-order valence-corrected chi connectivity index (χ3v) is 2.10. The summed E-state index contributed by atoms with van der Waals surface area (Å²) in [4.78, 5) is 0. The van der Waals surface area contributed by atoms with E-state index >= 15 is 0 Å². The smallest absolute Gasteiger partial charge is 0.394 e. The molecule has 0 aliphatic rings. The van der Waals surface area contributed by atoms with Crippen LogP contribution in [0.4, 0.5) is 0 Å². The first kappa shape index (κ1) is 18.6. The molecule has 0 heterocycles. The molecular weight excluding hydrogens is 290 g/mol. The summed E-state index contributed by atoms with van der Waals surface area (Å²) in [6.45, 7) is 4.39. The molecule has 0 aliphatic carbocycles. The molecule has 20 heavy (non-hydrogen) atoms. The molecule has 0 saturated heterocycles. The van der Waals surface area contributed by atoms with Crippen molar-refractivity contribution in [3.63, 3.8) is 0 Å². The van der Waals surface area contributed by atoms with Gasteiger partial charge in [-0.3, -0.25) is 9.11 Å². The number of hydrogen-bond acceptors (Lipinski definition) is 6. The predicted octanol–water partition coefficient (Wildman–Crippen LogP) is 0.476. The second kappa shape index (κ2) is 8.02. The quantitative estimate of drug-likeness (QED) is 0.347. The van der Waals surface area contributed by atoms with Crippen LogP contribution in [0.2, 0.25) is 0 Å². The Balaban J connectivity index is 0.000000621. The molecule has 9 heteroatoms. The minimum atomic E-state index is -4.67. The van der Waals surface area contributed by atoms with Gasteiger partial charge in [0.05, 0.1) is 6.10 Å². The van der Waals surface area contributed by atoms with E-state index in [2.05, 4.69) is 5.32 Å². The summed E-state index contributed by atoms with van der Waals surface area (Å²) in [6, 6.07) is 4.61. The summed E-state index contributed by atoms with van der Waals surface area (Å²) in [5.41, 5.74) is 0.582. The van der Waals surface area contributed by atoms with Gasteiger partial charge in [0, 0.05) is 12.6 Å². The number of phenols is 2. The maximum absolute atomic E-state index is 9.73. The Hall–Kier alpha value is -1.39. The summed E-state index contributed by atoms with van der Waals surface area (Å²) in [5, 5.41) is 31.2. The van der Waals surface area contributed by atoms with E-state index in [1.165, 1.54) is 12.1 Å². The van der Waals surface area contributed by atoms with Gasteiger partial charge in [-0.2, -0.15) is 8.42 Å². The highest BCUT2D eigenvalue weighted by molar-refractivity contribution is 7.79. The van der Waals surface area contributed by atoms with Crippen molar-refractivity contribution in [3.8, 4) is 11.5 Å². The zero-order valence-electron chi connectivity index (χ0n) is 11.1. The van der Waals surface area contributed by atoms with Crippen LogP contribution in [-0.2, 0) is 10.4 Å². The van der Waals surface area contributed by atoms with Crippen molar-refractivity contribution < 1.29 is 32.8 Å². The molecule has 0 spiro atoms. The van der Waals surface area contributed by atoms with Crippen LogP contribution in [-0.4, -0.2) is 45.4 Å². The van der Waals surface area contributed by atoms with Crippen LogP contribution < -0.4 is 5.32 Å². The van der Waals surface area contributed by atoms with Gasteiger partial charge in [0.15, 0.2) is 11.5 Å². The fourth-order valence-electron chi connectivity index (χ4n) is 1.21. The minimum absolute atomic E-state index is 0.178. The maximum Gasteiger partial charge on any atom is 0.394 e. The highest BCUT2D eigenvalue weighted by atomic mass is 32.3. The molecule has 1 unspecified atom stereocenters. The lowest BCUT2D eigenvalue weighted by molar-refractivity contribution is 0.171. The fourth-order valence-corrected chi connectivity index (χ4v) is 1.21. The van der Waals surface area contributed by atoms with E-state index in [0.717, 1.165) is 0 Å². The maximum atomic E-state index is 9.73. The van der Waals surface area contributed by atoms with Gasteiger partial charge in [-0.05, 0) is 17.7 Å². The van der Waals surface area contributed by atoms with Crippen molar-refractivity contribution in [2.75, 3.05) is 6.54 Å². The SMILES string of the molecule is CC(C)NCC(O)c1ccc(O)c(O)c1.O=S(=O)(O)O. The summed E-state index contributed by atoms with van der Waals surface area (Å²) >= 11 is 0. The van der Waals surface area contributed by atoms with Gasteiger partial charge >= 0.3 is 10.4 Å². The molecule has 116 valence electrons. The lowest BCUT2D eigenvalue weighted by Crippen LogP contribution is -2.27. The molecule has 6 N–H and O–H groups in total. The summed E-state index contributed by atoms with van der Waals surface area (Å²) in [5.74, 6) is -0.390. The Labute approximate surface area is 117 Å². The first-order valence-corrected chi connectivity index (χ1v) is 7.03. The molecule has 0 bridgehead atoms. The molecule has 0 amide bonds. The monoisotopic (exact) mass is 309 g/mol. The number of aliphatic hydroxyl groups is 1. The van der Waals surface area contributed by atoms with E-state index in [1.807, 2.05) is 13.8 Å². The van der Waals surface area contributed by atoms with Crippen LogP contribution in [0.3, 0.4) is 0 Å². The van der Waals surface area contributed by atoms with Crippen LogP contribution in [0.25, 0.3) is 0 Å². The molecule has 8 nitrogen and oxygen atoms in total. The van der Waals surface area contributed by atoms with Gasteiger partial charge in [0.1, 0.15) is 0 Å². The summed E-state index contributed by atoms with van der Waals surface area (Å²) in [6.07, 6.45) is -0.682. The van der Waals surface area contributed by atoms with Crippen LogP contribution in [0.15, 0.2) is 18.2 Å².